The molecule has 1 aliphatic carbocycles. The molecule has 0 saturated heterocycles. The molecule has 1 N–H and O–H groups in total. The predicted molar refractivity (Wildman–Crippen MR) is 84.7 cm³/mol. The summed E-state index contributed by atoms with van der Waals surface area (Å²) in [4.78, 5) is 24.8. The summed E-state index contributed by atoms with van der Waals surface area (Å²) >= 11 is 5.48. The molecule has 0 spiro atoms. The van der Waals surface area contributed by atoms with Crippen LogP contribution in [0.25, 0.3) is 0 Å². The van der Waals surface area contributed by atoms with Crippen LogP contribution in [-0.4, -0.2) is 39.3 Å². The van der Waals surface area contributed by atoms with Crippen molar-refractivity contribution in [1.82, 2.24) is 4.90 Å². The van der Waals surface area contributed by atoms with Gasteiger partial charge in [0.25, 0.3) is 0 Å². The second-order valence-corrected chi connectivity index (χ2v) is 5.79. The Hall–Kier alpha value is -1.75. The molecule has 112 valence electrons. The first-order valence-electron chi connectivity index (χ1n) is 7.13. The highest BCUT2D eigenvalue weighted by Gasteiger charge is 2.26. The Kier molecular flexibility index (Phi) is 5.07. The van der Waals surface area contributed by atoms with Crippen molar-refractivity contribution in [2.45, 2.75) is 38.6 Å². The third-order valence-corrected chi connectivity index (χ3v) is 4.34. The Bertz CT molecular complexity index is 547. The van der Waals surface area contributed by atoms with Crippen molar-refractivity contribution in [2.24, 2.45) is 0 Å². The largest absolute Gasteiger partial charge is 0.480 e. The highest BCUT2D eigenvalue weighted by atomic mass is 32.1. The number of Topliss-reactive ketones (excluding diaryl/α,β-unsaturated/α-hetero) is 1. The van der Waals surface area contributed by atoms with Crippen molar-refractivity contribution in [1.29, 1.82) is 0 Å². The normalized spacial score (nSPS) is 14.9. The van der Waals surface area contributed by atoms with E-state index in [1.807, 2.05) is 4.90 Å². The fourth-order valence-corrected chi connectivity index (χ4v) is 3.09. The fraction of sp³-hybridized carbons (Fsp3) is 0.438. The molecule has 0 amide bonds. The lowest BCUT2D eigenvalue weighted by atomic mass is 10.1. The number of nitrogens with zero attached hydrogens (tertiary/aromatic N) is 1. The minimum Gasteiger partial charge on any atom is -0.480 e. The molecule has 1 aromatic carbocycles. The maximum absolute atomic E-state index is 11.3. The molecule has 0 unspecified atom stereocenters. The minimum absolute atomic E-state index is 0.00523. The zero-order valence-corrected chi connectivity index (χ0v) is 12.9. The van der Waals surface area contributed by atoms with Crippen molar-refractivity contribution in [3.8, 4) is 0 Å². The van der Waals surface area contributed by atoms with E-state index < -0.39 is 5.97 Å². The molecule has 1 aliphatic rings. The van der Waals surface area contributed by atoms with Crippen molar-refractivity contribution < 1.29 is 14.7 Å². The van der Waals surface area contributed by atoms with E-state index in [0.29, 0.717) is 10.6 Å². The summed E-state index contributed by atoms with van der Waals surface area (Å²) in [5.74, 6) is -0.866. The van der Waals surface area contributed by atoms with Gasteiger partial charge in [-0.25, -0.2) is 0 Å². The molecular formula is C16H19NO3S. The van der Waals surface area contributed by atoms with Gasteiger partial charge in [-0.15, -0.1) is 0 Å². The van der Waals surface area contributed by atoms with Gasteiger partial charge < -0.3 is 10.0 Å². The van der Waals surface area contributed by atoms with Gasteiger partial charge in [0, 0.05) is 17.2 Å². The maximum Gasteiger partial charge on any atom is 0.323 e. The van der Waals surface area contributed by atoms with Gasteiger partial charge in [0.05, 0.1) is 0 Å². The van der Waals surface area contributed by atoms with Crippen LogP contribution in [0.3, 0.4) is 0 Å². The molecule has 0 heterocycles. The zero-order valence-electron chi connectivity index (χ0n) is 12.0. The van der Waals surface area contributed by atoms with Crippen molar-refractivity contribution >= 4 is 29.0 Å². The van der Waals surface area contributed by atoms with Gasteiger partial charge in [-0.05, 0) is 19.8 Å². The van der Waals surface area contributed by atoms with Crippen LogP contribution >= 0.6 is 12.2 Å². The number of ketones is 1. The second-order valence-electron chi connectivity index (χ2n) is 5.40. The van der Waals surface area contributed by atoms with Gasteiger partial charge in [-0.3, -0.25) is 9.59 Å². The maximum atomic E-state index is 11.3. The third-order valence-electron chi connectivity index (χ3n) is 3.87. The molecule has 0 bridgehead atoms. The standard InChI is InChI=1S/C16H19NO3S/c1-11(18)12-6-8-13(9-7-12)16(21)17(10-15(19)20)14-4-2-3-5-14/h6-9,14H,2-5,10H2,1H3,(H,19,20). The molecule has 0 aromatic heterocycles. The summed E-state index contributed by atoms with van der Waals surface area (Å²) in [5.41, 5.74) is 1.43. The summed E-state index contributed by atoms with van der Waals surface area (Å²) in [6.07, 6.45) is 4.21. The number of thiocarbonyl (C=S) groups is 1. The molecule has 1 saturated carbocycles. The van der Waals surface area contributed by atoms with Gasteiger partial charge in [0.1, 0.15) is 11.5 Å². The van der Waals surface area contributed by atoms with Crippen LogP contribution in [0, 0.1) is 0 Å². The summed E-state index contributed by atoms with van der Waals surface area (Å²) in [5, 5.41) is 9.11. The van der Waals surface area contributed by atoms with Crippen LogP contribution in [-0.2, 0) is 4.79 Å². The SMILES string of the molecule is CC(=O)c1ccc(C(=S)N(CC(=O)O)C2CCCC2)cc1. The average Bonchev–Trinajstić information content (AvgIpc) is 2.98. The van der Waals surface area contributed by atoms with Gasteiger partial charge in [-0.1, -0.05) is 49.3 Å². The van der Waals surface area contributed by atoms with E-state index in [1.165, 1.54) is 6.92 Å². The summed E-state index contributed by atoms with van der Waals surface area (Å²) in [6.45, 7) is 1.44. The monoisotopic (exact) mass is 305 g/mol. The first kappa shape index (κ1) is 15.6. The molecule has 0 atom stereocenters. The van der Waals surface area contributed by atoms with E-state index in [0.717, 1.165) is 31.2 Å². The molecule has 21 heavy (non-hydrogen) atoms. The number of hydrogen-bond acceptors (Lipinski definition) is 3. The lowest BCUT2D eigenvalue weighted by Gasteiger charge is -2.30. The molecule has 1 aromatic rings. The van der Waals surface area contributed by atoms with Crippen LogP contribution in [0.5, 0.6) is 0 Å². The number of carboxylic acid groups (broad SMARTS) is 1. The molecule has 0 radical (unpaired) electrons. The van der Waals surface area contributed by atoms with E-state index in [1.54, 1.807) is 24.3 Å². The van der Waals surface area contributed by atoms with E-state index >= 15 is 0 Å². The molecular weight excluding hydrogens is 286 g/mol. The Morgan fingerprint density at radius 2 is 1.71 bits per heavy atom. The number of hydrogen-bond donors (Lipinski definition) is 1. The topological polar surface area (TPSA) is 57.6 Å². The number of carbonyl (C=O) groups is 2. The van der Waals surface area contributed by atoms with Crippen LogP contribution in [0.15, 0.2) is 24.3 Å². The number of benzene rings is 1. The number of carbonyl (C=O) groups excluding carboxylic acids is 1. The number of carboxylic acids is 1. The first-order valence-corrected chi connectivity index (χ1v) is 7.53. The van der Waals surface area contributed by atoms with E-state index in [-0.39, 0.29) is 18.4 Å². The van der Waals surface area contributed by atoms with E-state index in [4.69, 9.17) is 17.3 Å². The van der Waals surface area contributed by atoms with Crippen LogP contribution in [0.2, 0.25) is 0 Å². The highest BCUT2D eigenvalue weighted by Crippen LogP contribution is 2.25. The Morgan fingerprint density at radius 3 is 2.19 bits per heavy atom. The quantitative estimate of drug-likeness (QED) is 0.669. The highest BCUT2D eigenvalue weighted by molar-refractivity contribution is 7.80. The summed E-state index contributed by atoms with van der Waals surface area (Å²) in [7, 11) is 0. The molecule has 4 nitrogen and oxygen atoms in total. The Labute approximate surface area is 129 Å². The van der Waals surface area contributed by atoms with Crippen molar-refractivity contribution in [2.75, 3.05) is 6.54 Å². The third kappa shape index (κ3) is 3.88. The van der Waals surface area contributed by atoms with E-state index in [9.17, 15) is 9.59 Å². The average molecular weight is 305 g/mol. The fourth-order valence-electron chi connectivity index (χ4n) is 2.74. The minimum atomic E-state index is -0.871. The van der Waals surface area contributed by atoms with Crippen molar-refractivity contribution in [3.05, 3.63) is 35.4 Å². The van der Waals surface area contributed by atoms with Gasteiger partial charge in [0.15, 0.2) is 5.78 Å². The molecule has 5 heteroatoms. The summed E-state index contributed by atoms with van der Waals surface area (Å²) in [6, 6.07) is 7.27. The zero-order chi connectivity index (χ0) is 15.4. The summed E-state index contributed by atoms with van der Waals surface area (Å²) < 4.78 is 0. The van der Waals surface area contributed by atoms with Gasteiger partial charge >= 0.3 is 5.97 Å². The van der Waals surface area contributed by atoms with E-state index in [2.05, 4.69) is 0 Å². The molecule has 0 aliphatic heterocycles. The number of rotatable bonds is 5. The van der Waals surface area contributed by atoms with Crippen LogP contribution < -0.4 is 0 Å². The Balaban J connectivity index is 2.20. The first-order chi connectivity index (χ1) is 9.99. The van der Waals surface area contributed by atoms with Crippen molar-refractivity contribution in [3.63, 3.8) is 0 Å². The van der Waals surface area contributed by atoms with Gasteiger partial charge in [-0.2, -0.15) is 0 Å². The smallest absolute Gasteiger partial charge is 0.323 e. The number of aliphatic carboxylic acids is 1. The lowest BCUT2D eigenvalue weighted by molar-refractivity contribution is -0.137. The van der Waals surface area contributed by atoms with Crippen LogP contribution in [0.4, 0.5) is 0 Å². The van der Waals surface area contributed by atoms with Crippen LogP contribution in [0.1, 0.15) is 48.5 Å². The Morgan fingerprint density at radius 1 is 1.19 bits per heavy atom. The molecule has 1 fully saturated rings. The predicted octanol–water partition coefficient (Wildman–Crippen LogP) is 2.89. The molecule has 2 rings (SSSR count). The lowest BCUT2D eigenvalue weighted by Crippen LogP contribution is -2.41. The van der Waals surface area contributed by atoms with Gasteiger partial charge in [0.2, 0.25) is 0 Å². The second kappa shape index (κ2) is 6.80.